The molecule has 1 aromatic carbocycles. The van der Waals surface area contributed by atoms with Crippen LogP contribution in [0.4, 0.5) is 5.82 Å². The fourth-order valence-electron chi connectivity index (χ4n) is 2.01. The highest BCUT2D eigenvalue weighted by Gasteiger charge is 2.03. The third-order valence-electron chi connectivity index (χ3n) is 3.19. The van der Waals surface area contributed by atoms with E-state index in [2.05, 4.69) is 15.2 Å². The number of nitrogens with zero attached hydrogens (tertiary/aromatic N) is 2. The molecule has 21 heavy (non-hydrogen) atoms. The van der Waals surface area contributed by atoms with Crippen LogP contribution in [-0.4, -0.2) is 57.4 Å². The molecule has 1 heterocycles. The fourth-order valence-corrected chi connectivity index (χ4v) is 2.01. The molecule has 0 saturated heterocycles. The highest BCUT2D eigenvalue weighted by atomic mass is 16.5. The Labute approximate surface area is 125 Å². The summed E-state index contributed by atoms with van der Waals surface area (Å²) in [6.07, 6.45) is 1.80. The number of rotatable bonds is 8. The van der Waals surface area contributed by atoms with Gasteiger partial charge in [0.25, 0.3) is 0 Å². The van der Waals surface area contributed by atoms with Gasteiger partial charge in [0, 0.05) is 24.7 Å². The standard InChI is InChI=1S/C16H23N3O2/c1-19(2)9-11-21-10-8-18-16-15-5-4-14(20-3)12-13(15)6-7-17-16/h4-7,12H,8-11H2,1-3H3,(H,17,18). The van der Waals surface area contributed by atoms with Crippen LogP contribution in [0.3, 0.4) is 0 Å². The van der Waals surface area contributed by atoms with Crippen LogP contribution >= 0.6 is 0 Å². The lowest BCUT2D eigenvalue weighted by Gasteiger charge is -2.11. The minimum Gasteiger partial charge on any atom is -0.497 e. The highest BCUT2D eigenvalue weighted by Crippen LogP contribution is 2.24. The van der Waals surface area contributed by atoms with Crippen molar-refractivity contribution in [2.75, 3.05) is 52.8 Å². The van der Waals surface area contributed by atoms with E-state index >= 15 is 0 Å². The monoisotopic (exact) mass is 289 g/mol. The van der Waals surface area contributed by atoms with Gasteiger partial charge >= 0.3 is 0 Å². The molecule has 5 nitrogen and oxygen atoms in total. The number of methoxy groups -OCH3 is 1. The van der Waals surface area contributed by atoms with Crippen LogP contribution in [0.1, 0.15) is 0 Å². The van der Waals surface area contributed by atoms with Crippen LogP contribution in [0.25, 0.3) is 10.8 Å². The van der Waals surface area contributed by atoms with Gasteiger partial charge in [0.1, 0.15) is 11.6 Å². The molecule has 0 radical (unpaired) electrons. The molecule has 114 valence electrons. The second-order valence-electron chi connectivity index (χ2n) is 5.09. The van der Waals surface area contributed by atoms with Crippen LogP contribution in [0.5, 0.6) is 5.75 Å². The number of nitrogens with one attached hydrogen (secondary N) is 1. The van der Waals surface area contributed by atoms with Crippen LogP contribution < -0.4 is 10.1 Å². The second kappa shape index (κ2) is 7.81. The Morgan fingerprint density at radius 3 is 2.81 bits per heavy atom. The molecule has 5 heteroatoms. The number of ether oxygens (including phenoxy) is 2. The van der Waals surface area contributed by atoms with Gasteiger partial charge in [-0.1, -0.05) is 0 Å². The Morgan fingerprint density at radius 1 is 1.19 bits per heavy atom. The lowest BCUT2D eigenvalue weighted by Crippen LogP contribution is -2.20. The average molecular weight is 289 g/mol. The Morgan fingerprint density at radius 2 is 2.05 bits per heavy atom. The van der Waals surface area contributed by atoms with Crippen molar-refractivity contribution in [2.45, 2.75) is 0 Å². The Balaban J connectivity index is 1.90. The second-order valence-corrected chi connectivity index (χ2v) is 5.09. The van der Waals surface area contributed by atoms with E-state index < -0.39 is 0 Å². The Hall–Kier alpha value is -1.85. The summed E-state index contributed by atoms with van der Waals surface area (Å²) in [6.45, 7) is 3.09. The maximum absolute atomic E-state index is 5.56. The SMILES string of the molecule is COc1ccc2c(NCCOCCN(C)C)nccc2c1. The minimum atomic E-state index is 0.669. The molecule has 0 fully saturated rings. The molecule has 0 saturated carbocycles. The smallest absolute Gasteiger partial charge is 0.133 e. The van der Waals surface area contributed by atoms with Gasteiger partial charge in [0.15, 0.2) is 0 Å². The van der Waals surface area contributed by atoms with Crippen molar-refractivity contribution < 1.29 is 9.47 Å². The first-order valence-corrected chi connectivity index (χ1v) is 7.10. The number of aromatic nitrogens is 1. The normalized spacial score (nSPS) is 11.0. The molecule has 1 aromatic heterocycles. The molecule has 2 aromatic rings. The predicted octanol–water partition coefficient (Wildman–Crippen LogP) is 2.23. The molecule has 2 rings (SSSR count). The Kier molecular flexibility index (Phi) is 5.78. The summed E-state index contributed by atoms with van der Waals surface area (Å²) in [4.78, 5) is 6.50. The van der Waals surface area contributed by atoms with E-state index in [0.717, 1.165) is 42.0 Å². The molecule has 0 amide bonds. The number of likely N-dealkylation sites (N-methyl/N-ethyl adjacent to an activating group) is 1. The molecule has 0 aliphatic heterocycles. The van der Waals surface area contributed by atoms with Crippen molar-refractivity contribution in [2.24, 2.45) is 0 Å². The van der Waals surface area contributed by atoms with Crippen molar-refractivity contribution in [1.82, 2.24) is 9.88 Å². The first kappa shape index (κ1) is 15.5. The lowest BCUT2D eigenvalue weighted by molar-refractivity contribution is 0.126. The number of fused-ring (bicyclic) bond motifs is 1. The number of benzene rings is 1. The number of pyridine rings is 1. The maximum atomic E-state index is 5.56. The zero-order chi connectivity index (χ0) is 15.1. The van der Waals surface area contributed by atoms with Gasteiger partial charge in [-0.2, -0.15) is 0 Å². The molecule has 0 aliphatic carbocycles. The molecular weight excluding hydrogens is 266 g/mol. The molecule has 0 aliphatic rings. The molecule has 0 unspecified atom stereocenters. The molecule has 0 atom stereocenters. The van der Waals surface area contributed by atoms with Crippen molar-refractivity contribution in [3.63, 3.8) is 0 Å². The Bertz CT molecular complexity index is 572. The number of anilines is 1. The topological polar surface area (TPSA) is 46.6 Å². The van der Waals surface area contributed by atoms with E-state index in [-0.39, 0.29) is 0 Å². The van der Waals surface area contributed by atoms with Gasteiger partial charge in [-0.3, -0.25) is 0 Å². The first-order valence-electron chi connectivity index (χ1n) is 7.10. The third-order valence-corrected chi connectivity index (χ3v) is 3.19. The van der Waals surface area contributed by atoms with Crippen LogP contribution in [0.2, 0.25) is 0 Å². The summed E-state index contributed by atoms with van der Waals surface area (Å²) in [6, 6.07) is 7.96. The highest BCUT2D eigenvalue weighted by molar-refractivity contribution is 5.92. The molecule has 0 spiro atoms. The zero-order valence-corrected chi connectivity index (χ0v) is 12.9. The van der Waals surface area contributed by atoms with Crippen molar-refractivity contribution in [1.29, 1.82) is 0 Å². The van der Waals surface area contributed by atoms with E-state index in [0.29, 0.717) is 6.61 Å². The summed E-state index contributed by atoms with van der Waals surface area (Å²) in [5, 5.41) is 5.52. The van der Waals surface area contributed by atoms with Gasteiger partial charge in [-0.25, -0.2) is 4.98 Å². The van der Waals surface area contributed by atoms with E-state index in [1.54, 1.807) is 13.3 Å². The molecule has 1 N–H and O–H groups in total. The summed E-state index contributed by atoms with van der Waals surface area (Å²) in [5.74, 6) is 1.73. The van der Waals surface area contributed by atoms with Gasteiger partial charge in [0.05, 0.1) is 20.3 Å². The summed E-state index contributed by atoms with van der Waals surface area (Å²) in [7, 11) is 5.75. The molecular formula is C16H23N3O2. The number of hydrogen-bond acceptors (Lipinski definition) is 5. The third kappa shape index (κ3) is 4.58. The largest absolute Gasteiger partial charge is 0.497 e. The van der Waals surface area contributed by atoms with Gasteiger partial charge in [-0.05, 0) is 43.7 Å². The first-order chi connectivity index (χ1) is 10.2. The zero-order valence-electron chi connectivity index (χ0n) is 12.9. The van der Waals surface area contributed by atoms with Gasteiger partial charge in [-0.15, -0.1) is 0 Å². The van der Waals surface area contributed by atoms with Crippen LogP contribution in [-0.2, 0) is 4.74 Å². The van der Waals surface area contributed by atoms with E-state index in [4.69, 9.17) is 9.47 Å². The van der Waals surface area contributed by atoms with Crippen molar-refractivity contribution in [3.05, 3.63) is 30.5 Å². The van der Waals surface area contributed by atoms with Crippen molar-refractivity contribution in [3.8, 4) is 5.75 Å². The number of hydrogen-bond donors (Lipinski definition) is 1. The van der Waals surface area contributed by atoms with Crippen LogP contribution in [0.15, 0.2) is 30.5 Å². The predicted molar refractivity (Wildman–Crippen MR) is 86.2 cm³/mol. The molecule has 0 bridgehead atoms. The summed E-state index contributed by atoms with van der Waals surface area (Å²) in [5.41, 5.74) is 0. The van der Waals surface area contributed by atoms with E-state index in [9.17, 15) is 0 Å². The summed E-state index contributed by atoms with van der Waals surface area (Å²) >= 11 is 0. The van der Waals surface area contributed by atoms with E-state index in [1.807, 2.05) is 38.4 Å². The lowest BCUT2D eigenvalue weighted by atomic mass is 10.1. The van der Waals surface area contributed by atoms with Crippen molar-refractivity contribution >= 4 is 16.6 Å². The maximum Gasteiger partial charge on any atom is 0.133 e. The van der Waals surface area contributed by atoms with Crippen LogP contribution in [0, 0.1) is 0 Å². The van der Waals surface area contributed by atoms with E-state index in [1.165, 1.54) is 0 Å². The average Bonchev–Trinajstić information content (AvgIpc) is 2.49. The fraction of sp³-hybridized carbons (Fsp3) is 0.438. The quantitative estimate of drug-likeness (QED) is 0.755. The summed E-state index contributed by atoms with van der Waals surface area (Å²) < 4.78 is 10.8. The van der Waals surface area contributed by atoms with Gasteiger partial charge in [0.2, 0.25) is 0 Å². The van der Waals surface area contributed by atoms with Gasteiger partial charge < -0.3 is 19.7 Å². The minimum absolute atomic E-state index is 0.669.